The molecule has 0 aliphatic carbocycles. The SMILES string of the molecule is COC(=O)c1ccc2c(=O)n(N)c(SCc3ccccc3Cl)nc2c1. The molecule has 3 rings (SSSR count). The predicted octanol–water partition coefficient (Wildman–Crippen LogP) is 2.84. The Labute approximate surface area is 152 Å². The molecule has 3 aromatic rings. The van der Waals surface area contributed by atoms with Gasteiger partial charge in [0.2, 0.25) is 0 Å². The van der Waals surface area contributed by atoms with Crippen LogP contribution in [0, 0.1) is 0 Å². The van der Waals surface area contributed by atoms with Crippen LogP contribution in [0.1, 0.15) is 15.9 Å². The third kappa shape index (κ3) is 3.47. The minimum absolute atomic E-state index is 0.318. The summed E-state index contributed by atoms with van der Waals surface area (Å²) < 4.78 is 5.69. The second-order valence-corrected chi connectivity index (χ2v) is 6.52. The Bertz CT molecular complexity index is 1020. The van der Waals surface area contributed by atoms with Crippen LogP contribution in [-0.4, -0.2) is 22.7 Å². The predicted molar refractivity (Wildman–Crippen MR) is 98.5 cm³/mol. The summed E-state index contributed by atoms with van der Waals surface area (Å²) >= 11 is 7.43. The van der Waals surface area contributed by atoms with Crippen LogP contribution in [0.4, 0.5) is 0 Å². The van der Waals surface area contributed by atoms with E-state index in [1.54, 1.807) is 6.07 Å². The first-order chi connectivity index (χ1) is 12.0. The number of hydrogen-bond donors (Lipinski definition) is 1. The molecule has 0 aliphatic rings. The van der Waals surface area contributed by atoms with Gasteiger partial charge in [-0.05, 0) is 29.8 Å². The van der Waals surface area contributed by atoms with Gasteiger partial charge in [-0.25, -0.2) is 14.5 Å². The van der Waals surface area contributed by atoms with Gasteiger partial charge in [0.25, 0.3) is 5.56 Å². The average molecular weight is 376 g/mol. The summed E-state index contributed by atoms with van der Waals surface area (Å²) in [6, 6.07) is 12.0. The highest BCUT2D eigenvalue weighted by atomic mass is 35.5. The van der Waals surface area contributed by atoms with E-state index in [0.717, 1.165) is 10.2 Å². The number of hydrogen-bond acceptors (Lipinski definition) is 6. The van der Waals surface area contributed by atoms with Crippen LogP contribution in [-0.2, 0) is 10.5 Å². The second kappa shape index (κ2) is 7.16. The van der Waals surface area contributed by atoms with Crippen LogP contribution in [0.25, 0.3) is 10.9 Å². The molecule has 0 atom stereocenters. The number of rotatable bonds is 4. The normalized spacial score (nSPS) is 10.8. The Balaban J connectivity index is 2.00. The van der Waals surface area contributed by atoms with E-state index in [1.165, 1.54) is 37.1 Å². The molecule has 0 spiro atoms. The van der Waals surface area contributed by atoms with E-state index >= 15 is 0 Å². The van der Waals surface area contributed by atoms with Gasteiger partial charge >= 0.3 is 5.97 Å². The van der Waals surface area contributed by atoms with Crippen LogP contribution < -0.4 is 11.4 Å². The van der Waals surface area contributed by atoms with Crippen molar-refractivity contribution in [2.24, 2.45) is 0 Å². The minimum atomic E-state index is -0.495. The van der Waals surface area contributed by atoms with Crippen molar-refractivity contribution in [1.29, 1.82) is 0 Å². The maximum Gasteiger partial charge on any atom is 0.337 e. The molecule has 25 heavy (non-hydrogen) atoms. The van der Waals surface area contributed by atoms with Crippen molar-refractivity contribution in [2.75, 3.05) is 13.0 Å². The first kappa shape index (κ1) is 17.3. The highest BCUT2D eigenvalue weighted by molar-refractivity contribution is 7.98. The van der Waals surface area contributed by atoms with Gasteiger partial charge < -0.3 is 10.6 Å². The number of benzene rings is 2. The summed E-state index contributed by atoms with van der Waals surface area (Å²) in [7, 11) is 1.29. The van der Waals surface area contributed by atoms with E-state index in [0.29, 0.717) is 32.4 Å². The number of carbonyl (C=O) groups excluding carboxylic acids is 1. The number of esters is 1. The molecular formula is C17H14ClN3O3S. The van der Waals surface area contributed by atoms with Crippen molar-refractivity contribution >= 4 is 40.2 Å². The molecule has 0 radical (unpaired) electrons. The van der Waals surface area contributed by atoms with E-state index < -0.39 is 5.97 Å². The lowest BCUT2D eigenvalue weighted by atomic mass is 10.1. The monoisotopic (exact) mass is 375 g/mol. The number of nitrogens with zero attached hydrogens (tertiary/aromatic N) is 2. The second-order valence-electron chi connectivity index (χ2n) is 5.17. The highest BCUT2D eigenvalue weighted by Crippen LogP contribution is 2.25. The van der Waals surface area contributed by atoms with E-state index in [-0.39, 0.29) is 5.56 Å². The molecule has 0 unspecified atom stereocenters. The Morgan fingerprint density at radius 1 is 1.32 bits per heavy atom. The summed E-state index contributed by atoms with van der Waals surface area (Å²) in [5.74, 6) is 5.88. The van der Waals surface area contributed by atoms with Crippen molar-refractivity contribution in [3.63, 3.8) is 0 Å². The summed E-state index contributed by atoms with van der Waals surface area (Å²) in [5.41, 5.74) is 1.23. The molecule has 2 N–H and O–H groups in total. The largest absolute Gasteiger partial charge is 0.465 e. The first-order valence-corrected chi connectivity index (χ1v) is 8.64. The number of carbonyl (C=O) groups is 1. The maximum atomic E-state index is 12.4. The van der Waals surface area contributed by atoms with Crippen molar-refractivity contribution in [1.82, 2.24) is 9.66 Å². The lowest BCUT2D eigenvalue weighted by Crippen LogP contribution is -2.29. The summed E-state index contributed by atoms with van der Waals surface area (Å²) in [4.78, 5) is 28.5. The molecule has 1 aromatic heterocycles. The van der Waals surface area contributed by atoms with Crippen LogP contribution in [0.2, 0.25) is 5.02 Å². The van der Waals surface area contributed by atoms with Gasteiger partial charge in [-0.2, -0.15) is 0 Å². The molecule has 0 saturated heterocycles. The zero-order valence-electron chi connectivity index (χ0n) is 13.2. The number of methoxy groups -OCH3 is 1. The van der Waals surface area contributed by atoms with Crippen LogP contribution in [0.3, 0.4) is 0 Å². The molecule has 8 heteroatoms. The molecule has 6 nitrogen and oxygen atoms in total. The lowest BCUT2D eigenvalue weighted by molar-refractivity contribution is 0.0601. The van der Waals surface area contributed by atoms with Gasteiger partial charge in [0, 0.05) is 10.8 Å². The van der Waals surface area contributed by atoms with Crippen LogP contribution >= 0.6 is 23.4 Å². The quantitative estimate of drug-likeness (QED) is 0.326. The molecule has 1 heterocycles. The summed E-state index contributed by atoms with van der Waals surface area (Å²) in [5, 5.41) is 1.30. The fraction of sp³-hybridized carbons (Fsp3) is 0.118. The maximum absolute atomic E-state index is 12.4. The molecular weight excluding hydrogens is 362 g/mol. The van der Waals surface area contributed by atoms with E-state index in [9.17, 15) is 9.59 Å². The van der Waals surface area contributed by atoms with Gasteiger partial charge in [0.05, 0.1) is 23.6 Å². The van der Waals surface area contributed by atoms with Gasteiger partial charge in [0.1, 0.15) is 0 Å². The fourth-order valence-electron chi connectivity index (χ4n) is 2.28. The molecule has 0 amide bonds. The van der Waals surface area contributed by atoms with E-state index in [1.807, 2.05) is 18.2 Å². The van der Waals surface area contributed by atoms with Gasteiger partial charge in [-0.15, -0.1) is 0 Å². The number of nitrogens with two attached hydrogens (primary N) is 1. The Morgan fingerprint density at radius 3 is 2.80 bits per heavy atom. The third-order valence-corrected chi connectivity index (χ3v) is 4.98. The third-order valence-electron chi connectivity index (χ3n) is 3.60. The number of nitrogen functional groups attached to an aromatic ring is 1. The number of thioether (sulfide) groups is 1. The zero-order valence-corrected chi connectivity index (χ0v) is 14.8. The van der Waals surface area contributed by atoms with E-state index in [2.05, 4.69) is 4.98 Å². The lowest BCUT2D eigenvalue weighted by Gasteiger charge is -2.09. The Morgan fingerprint density at radius 2 is 2.08 bits per heavy atom. The zero-order chi connectivity index (χ0) is 18.0. The van der Waals surface area contributed by atoms with Crippen molar-refractivity contribution in [3.8, 4) is 0 Å². The van der Waals surface area contributed by atoms with E-state index in [4.69, 9.17) is 22.2 Å². The van der Waals surface area contributed by atoms with Crippen molar-refractivity contribution < 1.29 is 9.53 Å². The van der Waals surface area contributed by atoms with Gasteiger partial charge in [-0.3, -0.25) is 4.79 Å². The smallest absolute Gasteiger partial charge is 0.337 e. The molecule has 0 aliphatic heterocycles. The average Bonchev–Trinajstić information content (AvgIpc) is 2.63. The fourth-order valence-corrected chi connectivity index (χ4v) is 3.49. The summed E-state index contributed by atoms with van der Waals surface area (Å²) in [6.07, 6.45) is 0. The first-order valence-electron chi connectivity index (χ1n) is 7.27. The topological polar surface area (TPSA) is 87.2 Å². The standard InChI is InChI=1S/C17H14ClN3O3S/c1-24-16(23)10-6-7-12-14(8-10)20-17(21(19)15(12)22)25-9-11-4-2-3-5-13(11)18/h2-8H,9,19H2,1H3. The van der Waals surface area contributed by atoms with Crippen molar-refractivity contribution in [3.05, 3.63) is 69.0 Å². The molecule has 0 bridgehead atoms. The molecule has 128 valence electrons. The van der Waals surface area contributed by atoms with Crippen LogP contribution in [0.5, 0.6) is 0 Å². The number of halogens is 1. The summed E-state index contributed by atoms with van der Waals surface area (Å²) in [6.45, 7) is 0. The Hall–Kier alpha value is -2.51. The highest BCUT2D eigenvalue weighted by Gasteiger charge is 2.13. The molecule has 2 aromatic carbocycles. The number of fused-ring (bicyclic) bond motifs is 1. The van der Waals surface area contributed by atoms with Crippen LogP contribution in [0.15, 0.2) is 52.4 Å². The number of ether oxygens (including phenoxy) is 1. The van der Waals surface area contributed by atoms with Gasteiger partial charge in [0.15, 0.2) is 5.16 Å². The Kier molecular flexibility index (Phi) is 4.96. The number of aromatic nitrogens is 2. The molecule has 0 fully saturated rings. The minimum Gasteiger partial charge on any atom is -0.465 e. The van der Waals surface area contributed by atoms with Crippen molar-refractivity contribution in [2.45, 2.75) is 10.9 Å². The molecule has 0 saturated carbocycles. The van der Waals surface area contributed by atoms with Gasteiger partial charge in [-0.1, -0.05) is 41.6 Å².